The summed E-state index contributed by atoms with van der Waals surface area (Å²) in [5.74, 6) is -0.994. The van der Waals surface area contributed by atoms with E-state index in [1.165, 1.54) is 24.3 Å². The molecular weight excluding hydrogens is 273 g/mol. The number of hydrogen-bond acceptors (Lipinski definition) is 3. The first-order valence-corrected chi connectivity index (χ1v) is 6.80. The first kappa shape index (κ1) is 16.8. The maximum Gasteiger partial charge on any atom is 0.271 e. The van der Waals surface area contributed by atoms with Crippen molar-refractivity contribution in [3.05, 3.63) is 35.6 Å². The average molecular weight is 293 g/mol. The normalized spacial score (nSPS) is 12.7. The van der Waals surface area contributed by atoms with Gasteiger partial charge in [-0.3, -0.25) is 9.59 Å². The number of hydrazone groups is 1. The molecule has 1 unspecified atom stereocenters. The molecule has 0 fully saturated rings. The summed E-state index contributed by atoms with van der Waals surface area (Å²) in [6, 6.07) is 5.24. The van der Waals surface area contributed by atoms with Gasteiger partial charge < -0.3 is 5.32 Å². The maximum atomic E-state index is 12.7. The molecule has 1 aromatic carbocycles. The number of hydrogen-bond donors (Lipinski definition) is 2. The third-order valence-electron chi connectivity index (χ3n) is 2.89. The van der Waals surface area contributed by atoms with Gasteiger partial charge in [0.1, 0.15) is 5.82 Å². The predicted molar refractivity (Wildman–Crippen MR) is 79.5 cm³/mol. The van der Waals surface area contributed by atoms with Gasteiger partial charge in [-0.05, 0) is 44.5 Å². The number of rotatable bonds is 6. The molecule has 1 rings (SSSR count). The van der Waals surface area contributed by atoms with Crippen molar-refractivity contribution in [2.45, 2.75) is 39.7 Å². The standard InChI is InChI=1S/C15H20FN3O2/c1-4-10(2)17-14(20)9-11(3)18-19-15(21)12-5-7-13(16)8-6-12/h5-8,10H,4,9H2,1-3H3,(H,17,20)(H,19,21)/b18-11+. The van der Waals surface area contributed by atoms with Crippen LogP contribution >= 0.6 is 0 Å². The molecule has 0 saturated heterocycles. The fourth-order valence-corrected chi connectivity index (χ4v) is 1.51. The number of carbonyl (C=O) groups excluding carboxylic acids is 2. The molecule has 1 aromatic rings. The van der Waals surface area contributed by atoms with Gasteiger partial charge in [0.2, 0.25) is 5.91 Å². The van der Waals surface area contributed by atoms with Crippen molar-refractivity contribution in [3.63, 3.8) is 0 Å². The molecule has 2 amide bonds. The Morgan fingerprint density at radius 2 is 1.90 bits per heavy atom. The molecule has 0 saturated carbocycles. The number of nitrogens with one attached hydrogen (secondary N) is 2. The largest absolute Gasteiger partial charge is 0.353 e. The Morgan fingerprint density at radius 3 is 2.48 bits per heavy atom. The Morgan fingerprint density at radius 1 is 1.29 bits per heavy atom. The van der Waals surface area contributed by atoms with Crippen LogP contribution in [0.4, 0.5) is 4.39 Å². The lowest BCUT2D eigenvalue weighted by Gasteiger charge is -2.10. The van der Waals surface area contributed by atoms with Crippen LogP contribution in [0.5, 0.6) is 0 Å². The molecule has 0 heterocycles. The fraction of sp³-hybridized carbons (Fsp3) is 0.400. The summed E-state index contributed by atoms with van der Waals surface area (Å²) in [7, 11) is 0. The average Bonchev–Trinajstić information content (AvgIpc) is 2.45. The zero-order valence-corrected chi connectivity index (χ0v) is 12.4. The zero-order chi connectivity index (χ0) is 15.8. The minimum Gasteiger partial charge on any atom is -0.353 e. The van der Waals surface area contributed by atoms with Crippen molar-refractivity contribution in [1.82, 2.24) is 10.7 Å². The summed E-state index contributed by atoms with van der Waals surface area (Å²) in [6.45, 7) is 5.55. The van der Waals surface area contributed by atoms with Gasteiger partial charge in [-0.1, -0.05) is 6.92 Å². The number of benzene rings is 1. The van der Waals surface area contributed by atoms with Gasteiger partial charge in [-0.25, -0.2) is 9.82 Å². The minimum atomic E-state index is -0.448. The molecular formula is C15H20FN3O2. The zero-order valence-electron chi connectivity index (χ0n) is 12.4. The van der Waals surface area contributed by atoms with E-state index in [4.69, 9.17) is 0 Å². The van der Waals surface area contributed by atoms with E-state index in [9.17, 15) is 14.0 Å². The molecule has 1 atom stereocenters. The molecule has 0 aromatic heterocycles. The van der Waals surface area contributed by atoms with Crippen LogP contribution in [0.1, 0.15) is 44.0 Å². The Balaban J connectivity index is 2.49. The second kappa shape index (κ2) is 8.14. The van der Waals surface area contributed by atoms with E-state index in [-0.39, 0.29) is 18.4 Å². The van der Waals surface area contributed by atoms with Crippen molar-refractivity contribution in [2.75, 3.05) is 0 Å². The van der Waals surface area contributed by atoms with Crippen LogP contribution in [0, 0.1) is 5.82 Å². The number of amides is 2. The third kappa shape index (κ3) is 6.16. The Hall–Kier alpha value is -2.24. The van der Waals surface area contributed by atoms with E-state index in [0.29, 0.717) is 11.3 Å². The molecule has 0 radical (unpaired) electrons. The van der Waals surface area contributed by atoms with Gasteiger partial charge >= 0.3 is 0 Å². The van der Waals surface area contributed by atoms with Crippen LogP contribution in [0.15, 0.2) is 29.4 Å². The van der Waals surface area contributed by atoms with Crippen LogP contribution in [-0.4, -0.2) is 23.6 Å². The molecule has 0 aliphatic rings. The van der Waals surface area contributed by atoms with Gasteiger partial charge in [0.05, 0.1) is 6.42 Å². The highest BCUT2D eigenvalue weighted by atomic mass is 19.1. The number of halogens is 1. The molecule has 6 heteroatoms. The number of nitrogens with zero attached hydrogens (tertiary/aromatic N) is 1. The second-order valence-electron chi connectivity index (χ2n) is 4.85. The monoisotopic (exact) mass is 293 g/mol. The SMILES string of the molecule is CCC(C)NC(=O)C/C(C)=N/NC(=O)c1ccc(F)cc1. The smallest absolute Gasteiger partial charge is 0.271 e. The molecule has 0 aliphatic carbocycles. The van der Waals surface area contributed by atoms with Crippen LogP contribution < -0.4 is 10.7 Å². The van der Waals surface area contributed by atoms with E-state index in [1.54, 1.807) is 6.92 Å². The van der Waals surface area contributed by atoms with Crippen molar-refractivity contribution >= 4 is 17.5 Å². The topological polar surface area (TPSA) is 70.6 Å². The summed E-state index contributed by atoms with van der Waals surface area (Å²) in [6.07, 6.45) is 0.970. The summed E-state index contributed by atoms with van der Waals surface area (Å²) in [5, 5.41) is 6.67. The van der Waals surface area contributed by atoms with Gasteiger partial charge in [-0.2, -0.15) is 5.10 Å². The van der Waals surface area contributed by atoms with Crippen LogP contribution in [0.2, 0.25) is 0 Å². The van der Waals surface area contributed by atoms with Gasteiger partial charge in [0.15, 0.2) is 0 Å². The third-order valence-corrected chi connectivity index (χ3v) is 2.89. The lowest BCUT2D eigenvalue weighted by atomic mass is 10.2. The van der Waals surface area contributed by atoms with Crippen LogP contribution in [0.3, 0.4) is 0 Å². The fourth-order valence-electron chi connectivity index (χ4n) is 1.51. The molecule has 5 nitrogen and oxygen atoms in total. The predicted octanol–water partition coefficient (Wildman–Crippen LogP) is 2.24. The van der Waals surface area contributed by atoms with Gasteiger partial charge in [-0.15, -0.1) is 0 Å². The van der Waals surface area contributed by atoms with Crippen molar-refractivity contribution in [1.29, 1.82) is 0 Å². The first-order valence-electron chi connectivity index (χ1n) is 6.80. The highest BCUT2D eigenvalue weighted by Gasteiger charge is 2.08. The van der Waals surface area contributed by atoms with Crippen LogP contribution in [0.25, 0.3) is 0 Å². The van der Waals surface area contributed by atoms with Gasteiger partial charge in [0, 0.05) is 17.3 Å². The maximum absolute atomic E-state index is 12.7. The Labute approximate surface area is 123 Å². The summed E-state index contributed by atoms with van der Waals surface area (Å²) in [4.78, 5) is 23.4. The number of carbonyl (C=O) groups is 2. The first-order chi connectivity index (χ1) is 9.92. The highest BCUT2D eigenvalue weighted by Crippen LogP contribution is 2.02. The molecule has 21 heavy (non-hydrogen) atoms. The van der Waals surface area contributed by atoms with Gasteiger partial charge in [0.25, 0.3) is 5.91 Å². The lowest BCUT2D eigenvalue weighted by molar-refractivity contribution is -0.120. The summed E-state index contributed by atoms with van der Waals surface area (Å²) >= 11 is 0. The molecule has 0 aliphatic heterocycles. The Kier molecular flexibility index (Phi) is 6.52. The van der Waals surface area contributed by atoms with Crippen LogP contribution in [-0.2, 0) is 4.79 Å². The minimum absolute atomic E-state index is 0.110. The second-order valence-corrected chi connectivity index (χ2v) is 4.85. The van der Waals surface area contributed by atoms with E-state index in [1.807, 2.05) is 13.8 Å². The van der Waals surface area contributed by atoms with Crippen molar-refractivity contribution < 1.29 is 14.0 Å². The van der Waals surface area contributed by atoms with E-state index in [0.717, 1.165) is 6.42 Å². The summed E-state index contributed by atoms with van der Waals surface area (Å²) in [5.41, 5.74) is 3.13. The molecule has 0 bridgehead atoms. The van der Waals surface area contributed by atoms with E-state index >= 15 is 0 Å². The lowest BCUT2D eigenvalue weighted by Crippen LogP contribution is -2.33. The van der Waals surface area contributed by atoms with Crippen molar-refractivity contribution in [2.24, 2.45) is 5.10 Å². The molecule has 2 N–H and O–H groups in total. The summed E-state index contributed by atoms with van der Waals surface area (Å²) < 4.78 is 12.7. The highest BCUT2D eigenvalue weighted by molar-refractivity contribution is 6.01. The van der Waals surface area contributed by atoms with E-state index in [2.05, 4.69) is 15.8 Å². The molecule has 114 valence electrons. The van der Waals surface area contributed by atoms with E-state index < -0.39 is 11.7 Å². The molecule has 0 spiro atoms. The Bertz CT molecular complexity index is 526. The van der Waals surface area contributed by atoms with Crippen molar-refractivity contribution in [3.8, 4) is 0 Å². The quantitative estimate of drug-likeness (QED) is 0.623.